The first-order valence-electron chi connectivity index (χ1n) is 10.1. The second kappa shape index (κ2) is 8.25. The lowest BCUT2D eigenvalue weighted by molar-refractivity contribution is 0.199. The highest BCUT2D eigenvalue weighted by molar-refractivity contribution is 6.36. The number of oxazole rings is 1. The summed E-state index contributed by atoms with van der Waals surface area (Å²) in [6.07, 6.45) is 1.67. The number of hydrogen-bond acceptors (Lipinski definition) is 3. The van der Waals surface area contributed by atoms with Gasteiger partial charge < -0.3 is 14.6 Å². The number of carbonyl (C=O) groups is 1. The van der Waals surface area contributed by atoms with Gasteiger partial charge >= 0.3 is 6.03 Å². The van der Waals surface area contributed by atoms with Crippen LogP contribution < -0.4 is 5.32 Å². The summed E-state index contributed by atoms with van der Waals surface area (Å²) in [7, 11) is 0. The van der Waals surface area contributed by atoms with Gasteiger partial charge in [-0.3, -0.25) is 0 Å². The summed E-state index contributed by atoms with van der Waals surface area (Å²) in [6.45, 7) is 0.621. The average Bonchev–Trinajstić information content (AvgIpc) is 3.42. The molecule has 0 saturated carbocycles. The topological polar surface area (TPSA) is 58.4 Å². The monoisotopic (exact) mass is 451 g/mol. The van der Waals surface area contributed by atoms with Crippen LogP contribution >= 0.6 is 23.2 Å². The van der Waals surface area contributed by atoms with Gasteiger partial charge in [0.1, 0.15) is 11.6 Å². The van der Waals surface area contributed by atoms with Crippen molar-refractivity contribution in [2.75, 3.05) is 11.9 Å². The first-order chi connectivity index (χ1) is 15.1. The van der Waals surface area contributed by atoms with Crippen LogP contribution in [0.1, 0.15) is 24.8 Å². The van der Waals surface area contributed by atoms with Gasteiger partial charge in [-0.2, -0.15) is 0 Å². The van der Waals surface area contributed by atoms with Gasteiger partial charge in [-0.15, -0.1) is 0 Å². The zero-order chi connectivity index (χ0) is 21.4. The van der Waals surface area contributed by atoms with E-state index in [1.54, 1.807) is 23.1 Å². The summed E-state index contributed by atoms with van der Waals surface area (Å²) < 4.78 is 6.04. The maximum Gasteiger partial charge on any atom is 0.322 e. The molecule has 2 amide bonds. The lowest BCUT2D eigenvalue weighted by Gasteiger charge is -2.23. The van der Waals surface area contributed by atoms with E-state index in [9.17, 15) is 4.79 Å². The van der Waals surface area contributed by atoms with E-state index in [-0.39, 0.29) is 12.1 Å². The second-order valence-corrected chi connectivity index (χ2v) is 8.35. The number of carbonyl (C=O) groups excluding carboxylic acids is 1. The predicted octanol–water partition coefficient (Wildman–Crippen LogP) is 7.17. The molecule has 1 aliphatic heterocycles. The van der Waals surface area contributed by atoms with Crippen molar-refractivity contribution in [2.45, 2.75) is 18.9 Å². The molecule has 7 heteroatoms. The van der Waals surface area contributed by atoms with E-state index in [4.69, 9.17) is 32.6 Å². The van der Waals surface area contributed by atoms with Crippen LogP contribution in [0.4, 0.5) is 10.5 Å². The number of urea groups is 1. The molecule has 0 radical (unpaired) electrons. The van der Waals surface area contributed by atoms with Crippen molar-refractivity contribution in [1.29, 1.82) is 0 Å². The number of hydrogen-bond donors (Lipinski definition) is 1. The summed E-state index contributed by atoms with van der Waals surface area (Å²) in [5.41, 5.74) is 4.21. The number of nitrogens with one attached hydrogen (secondary N) is 1. The number of fused-ring (bicyclic) bond motifs is 1. The van der Waals surface area contributed by atoms with E-state index in [1.807, 2.05) is 36.4 Å². The Balaban J connectivity index is 1.40. The van der Waals surface area contributed by atoms with Gasteiger partial charge in [0.2, 0.25) is 5.89 Å². The average molecular weight is 452 g/mol. The van der Waals surface area contributed by atoms with Crippen molar-refractivity contribution in [3.63, 3.8) is 0 Å². The number of nitrogens with zero attached hydrogens (tertiary/aromatic N) is 2. The second-order valence-electron chi connectivity index (χ2n) is 7.51. The molecule has 1 aliphatic rings. The predicted molar refractivity (Wildman–Crippen MR) is 124 cm³/mol. The third kappa shape index (κ3) is 3.99. The number of benzene rings is 3. The third-order valence-corrected chi connectivity index (χ3v) is 6.03. The van der Waals surface area contributed by atoms with Crippen LogP contribution in [0.3, 0.4) is 0 Å². The molecule has 1 fully saturated rings. The fourth-order valence-corrected chi connectivity index (χ4v) is 4.40. The van der Waals surface area contributed by atoms with Crippen molar-refractivity contribution < 1.29 is 9.21 Å². The van der Waals surface area contributed by atoms with Crippen LogP contribution in [0.15, 0.2) is 71.1 Å². The molecule has 0 aliphatic carbocycles. The number of halogens is 2. The number of amides is 2. The quantitative estimate of drug-likeness (QED) is 0.359. The number of rotatable bonds is 3. The largest absolute Gasteiger partial charge is 0.438 e. The highest BCUT2D eigenvalue weighted by atomic mass is 35.5. The van der Waals surface area contributed by atoms with Crippen LogP contribution in [0.5, 0.6) is 0 Å². The molecule has 0 unspecified atom stereocenters. The molecule has 5 nitrogen and oxygen atoms in total. The zero-order valence-corrected chi connectivity index (χ0v) is 18.0. The van der Waals surface area contributed by atoms with Gasteiger partial charge in [0.15, 0.2) is 5.58 Å². The van der Waals surface area contributed by atoms with Gasteiger partial charge in [-0.1, -0.05) is 59.6 Å². The maximum absolute atomic E-state index is 12.9. The molecule has 4 aromatic rings. The van der Waals surface area contributed by atoms with E-state index in [0.29, 0.717) is 33.8 Å². The Morgan fingerprint density at radius 1 is 1.03 bits per heavy atom. The van der Waals surface area contributed by atoms with E-state index < -0.39 is 0 Å². The molecule has 0 bridgehead atoms. The van der Waals surface area contributed by atoms with Crippen LogP contribution in [0.2, 0.25) is 10.0 Å². The molecular weight excluding hydrogens is 433 g/mol. The fourth-order valence-electron chi connectivity index (χ4n) is 3.94. The summed E-state index contributed by atoms with van der Waals surface area (Å²) in [5, 5.41) is 3.78. The third-order valence-electron chi connectivity index (χ3n) is 5.48. The lowest BCUT2D eigenvalue weighted by Crippen LogP contribution is -2.34. The highest BCUT2D eigenvalue weighted by Gasteiger charge is 2.34. The first-order valence-corrected chi connectivity index (χ1v) is 10.8. The molecule has 1 saturated heterocycles. The number of anilines is 1. The maximum atomic E-state index is 12.9. The van der Waals surface area contributed by atoms with Crippen LogP contribution in [0.25, 0.3) is 22.2 Å². The minimum absolute atomic E-state index is 0.223. The van der Waals surface area contributed by atoms with E-state index in [1.165, 1.54) is 0 Å². The number of aromatic nitrogens is 1. The Hall–Kier alpha value is -3.02. The summed E-state index contributed by atoms with van der Waals surface area (Å²) in [6, 6.07) is 20.6. The van der Waals surface area contributed by atoms with Crippen LogP contribution in [-0.4, -0.2) is 22.5 Å². The van der Waals surface area contributed by atoms with Crippen molar-refractivity contribution in [2.24, 2.45) is 0 Å². The van der Waals surface area contributed by atoms with Crippen molar-refractivity contribution in [1.82, 2.24) is 9.88 Å². The van der Waals surface area contributed by atoms with Gasteiger partial charge in [0.25, 0.3) is 0 Å². The van der Waals surface area contributed by atoms with Gasteiger partial charge in [0, 0.05) is 11.6 Å². The standard InChI is InChI=1S/C24H19Cl2N3O2/c25-17-9-10-19(18(26)14-17)28-24(30)29-12-4-7-21(29)23-27-20-13-16(8-11-22(20)31-23)15-5-2-1-3-6-15/h1-3,5-6,8-11,13-14,21H,4,7,12H2,(H,28,30)/t21-/m0/s1. The summed E-state index contributed by atoms with van der Waals surface area (Å²) >= 11 is 12.1. The van der Waals surface area contributed by atoms with Crippen molar-refractivity contribution >= 4 is 46.0 Å². The minimum Gasteiger partial charge on any atom is -0.438 e. The van der Waals surface area contributed by atoms with Gasteiger partial charge in [0.05, 0.1) is 10.7 Å². The normalized spacial score (nSPS) is 16.1. The molecule has 2 heterocycles. The van der Waals surface area contributed by atoms with Crippen molar-refractivity contribution in [3.05, 3.63) is 82.7 Å². The molecule has 31 heavy (non-hydrogen) atoms. The molecule has 156 valence electrons. The smallest absolute Gasteiger partial charge is 0.322 e. The zero-order valence-electron chi connectivity index (χ0n) is 16.5. The van der Waals surface area contributed by atoms with Crippen LogP contribution in [0, 0.1) is 0 Å². The molecule has 1 N–H and O–H groups in total. The molecule has 0 spiro atoms. The van der Waals surface area contributed by atoms with E-state index in [2.05, 4.69) is 17.4 Å². The summed E-state index contributed by atoms with van der Waals surface area (Å²) in [4.78, 5) is 19.4. The molecule has 1 atom stereocenters. The molecule has 1 aromatic heterocycles. The van der Waals surface area contributed by atoms with E-state index >= 15 is 0 Å². The molecule has 5 rings (SSSR count). The SMILES string of the molecule is O=C(Nc1ccc(Cl)cc1Cl)N1CCC[C@H]1c1nc2cc(-c3ccccc3)ccc2o1. The Kier molecular flexibility index (Phi) is 5.30. The fraction of sp³-hybridized carbons (Fsp3) is 0.167. The lowest BCUT2D eigenvalue weighted by atomic mass is 10.1. The van der Waals surface area contributed by atoms with E-state index in [0.717, 1.165) is 29.5 Å². The Bertz CT molecular complexity index is 1260. The van der Waals surface area contributed by atoms with Gasteiger partial charge in [-0.05, 0) is 54.3 Å². The number of likely N-dealkylation sites (tertiary alicyclic amines) is 1. The van der Waals surface area contributed by atoms with Crippen LogP contribution in [-0.2, 0) is 0 Å². The minimum atomic E-state index is -0.237. The summed E-state index contributed by atoms with van der Waals surface area (Å²) in [5.74, 6) is 0.551. The Morgan fingerprint density at radius 3 is 2.68 bits per heavy atom. The highest BCUT2D eigenvalue weighted by Crippen LogP contribution is 2.35. The molecular formula is C24H19Cl2N3O2. The van der Waals surface area contributed by atoms with Gasteiger partial charge in [-0.25, -0.2) is 9.78 Å². The molecule has 3 aromatic carbocycles. The first kappa shape index (κ1) is 19.9. The Labute approximate surface area is 189 Å². The Morgan fingerprint density at radius 2 is 1.87 bits per heavy atom. The van der Waals surface area contributed by atoms with Crippen molar-refractivity contribution in [3.8, 4) is 11.1 Å².